The van der Waals surface area contributed by atoms with Crippen molar-refractivity contribution < 1.29 is 23.5 Å². The molecule has 0 spiro atoms. The summed E-state index contributed by atoms with van der Waals surface area (Å²) in [6.45, 7) is 0.893. The van der Waals surface area contributed by atoms with Gasteiger partial charge in [-0.15, -0.1) is 0 Å². The quantitative estimate of drug-likeness (QED) is 0.353. The monoisotopic (exact) mass is 505 g/mol. The number of hydrogen-bond donors (Lipinski definition) is 2. The van der Waals surface area contributed by atoms with Crippen LogP contribution in [-0.4, -0.2) is 41.0 Å². The first-order valence-corrected chi connectivity index (χ1v) is 11.7. The Kier molecular flexibility index (Phi) is 9.40. The number of fused-ring (bicyclic) bond motifs is 1. The molecule has 0 aliphatic carbocycles. The fourth-order valence-corrected chi connectivity index (χ4v) is 4.04. The van der Waals surface area contributed by atoms with E-state index in [0.717, 1.165) is 36.7 Å². The van der Waals surface area contributed by atoms with Crippen LogP contribution in [0.5, 0.6) is 0 Å². The first-order chi connectivity index (χ1) is 17.6. The van der Waals surface area contributed by atoms with Crippen LogP contribution in [0.15, 0.2) is 73.1 Å². The number of nitrogens with zero attached hydrogens (tertiary/aromatic N) is 2. The second-order valence-electron chi connectivity index (χ2n) is 8.94. The zero-order valence-corrected chi connectivity index (χ0v) is 20.7. The molecular weight excluding hydrogens is 476 g/mol. The number of aromatic nitrogens is 1. The van der Waals surface area contributed by atoms with Gasteiger partial charge >= 0.3 is 5.97 Å². The Morgan fingerprint density at radius 2 is 1.62 bits per heavy atom. The number of pyridine rings is 1. The highest BCUT2D eigenvalue weighted by Crippen LogP contribution is 2.24. The van der Waals surface area contributed by atoms with Crippen LogP contribution < -0.4 is 5.73 Å². The zero-order valence-electron chi connectivity index (χ0n) is 20.7. The summed E-state index contributed by atoms with van der Waals surface area (Å²) in [5.41, 5.74) is 8.81. The molecule has 0 saturated carbocycles. The predicted molar refractivity (Wildman–Crippen MR) is 139 cm³/mol. The van der Waals surface area contributed by atoms with E-state index in [9.17, 15) is 18.4 Å². The number of carbonyl (C=O) groups excluding carboxylic acids is 1. The van der Waals surface area contributed by atoms with Crippen LogP contribution in [0.25, 0.3) is 10.8 Å². The molecule has 0 atom stereocenters. The number of primary amides is 1. The molecule has 0 unspecified atom stereocenters. The molecule has 4 rings (SSSR count). The third-order valence-electron chi connectivity index (χ3n) is 5.62. The Bertz CT molecular complexity index is 1390. The first kappa shape index (κ1) is 27.4. The van der Waals surface area contributed by atoms with Gasteiger partial charge in [0.15, 0.2) is 0 Å². The van der Waals surface area contributed by atoms with Gasteiger partial charge in [0.05, 0.1) is 0 Å². The number of carboxylic acids is 1. The van der Waals surface area contributed by atoms with Gasteiger partial charge in [0.2, 0.25) is 0 Å². The summed E-state index contributed by atoms with van der Waals surface area (Å²) in [4.78, 5) is 27.7. The minimum Gasteiger partial charge on any atom is -0.481 e. The molecule has 0 fully saturated rings. The Balaban J connectivity index is 0.000000289. The van der Waals surface area contributed by atoms with Crippen molar-refractivity contribution in [2.45, 2.75) is 25.8 Å². The van der Waals surface area contributed by atoms with E-state index < -0.39 is 29.1 Å². The van der Waals surface area contributed by atoms with Crippen molar-refractivity contribution in [3.8, 4) is 0 Å². The largest absolute Gasteiger partial charge is 0.481 e. The van der Waals surface area contributed by atoms with Gasteiger partial charge < -0.3 is 15.7 Å². The molecule has 0 radical (unpaired) electrons. The van der Waals surface area contributed by atoms with E-state index in [2.05, 4.69) is 54.3 Å². The molecule has 0 saturated heterocycles. The standard InChI is InChI=1S/C22H24N2O2.C7H5F2NO/c1-24(2)15-18-12-19-8-9-23-14-21(19)20(13-18)11-17-5-3-4-16(10-17)6-7-22(25)26;8-4-2-1-3-5(9)6(4)7(10)11/h3-5,8-10,12-14H,6-7,11,15H2,1-2H3,(H,25,26);1-3H,(H2,10,11). The zero-order chi connectivity index (χ0) is 26.9. The molecule has 0 aliphatic heterocycles. The minimum absolute atomic E-state index is 0.161. The number of rotatable bonds is 8. The predicted octanol–water partition coefficient (Wildman–Crippen LogP) is 4.97. The Morgan fingerprint density at radius 3 is 2.24 bits per heavy atom. The number of nitrogens with two attached hydrogens (primary N) is 1. The maximum absolute atomic E-state index is 12.6. The lowest BCUT2D eigenvalue weighted by atomic mass is 9.95. The average Bonchev–Trinajstić information content (AvgIpc) is 2.83. The molecule has 0 bridgehead atoms. The van der Waals surface area contributed by atoms with E-state index in [1.807, 2.05) is 24.5 Å². The maximum atomic E-state index is 12.6. The molecule has 8 heteroatoms. The second kappa shape index (κ2) is 12.7. The van der Waals surface area contributed by atoms with Gasteiger partial charge in [-0.2, -0.15) is 0 Å². The molecule has 3 N–H and O–H groups in total. The van der Waals surface area contributed by atoms with Crippen LogP contribution in [0.1, 0.15) is 39.0 Å². The summed E-state index contributed by atoms with van der Waals surface area (Å²) in [7, 11) is 4.14. The minimum atomic E-state index is -1.10. The third-order valence-corrected chi connectivity index (χ3v) is 5.62. The summed E-state index contributed by atoms with van der Waals surface area (Å²) in [6, 6.07) is 17.9. The summed E-state index contributed by atoms with van der Waals surface area (Å²) in [5, 5.41) is 11.3. The fourth-order valence-electron chi connectivity index (χ4n) is 4.04. The molecule has 1 heterocycles. The van der Waals surface area contributed by atoms with E-state index in [-0.39, 0.29) is 6.42 Å². The van der Waals surface area contributed by atoms with Gasteiger partial charge in [-0.1, -0.05) is 36.4 Å². The van der Waals surface area contributed by atoms with Crippen molar-refractivity contribution in [3.05, 3.63) is 113 Å². The number of aliphatic carboxylic acids is 1. The maximum Gasteiger partial charge on any atom is 0.303 e. The second-order valence-corrected chi connectivity index (χ2v) is 8.94. The van der Waals surface area contributed by atoms with Crippen LogP contribution in [0.2, 0.25) is 0 Å². The van der Waals surface area contributed by atoms with Gasteiger partial charge in [-0.25, -0.2) is 8.78 Å². The van der Waals surface area contributed by atoms with Crippen molar-refractivity contribution in [2.75, 3.05) is 14.1 Å². The molecule has 192 valence electrons. The molecule has 4 aromatic rings. The third kappa shape index (κ3) is 7.91. The molecular formula is C29H29F2N3O3. The van der Waals surface area contributed by atoms with Crippen molar-refractivity contribution in [3.63, 3.8) is 0 Å². The van der Waals surface area contributed by atoms with Crippen LogP contribution in [0, 0.1) is 11.6 Å². The Hall–Kier alpha value is -4.17. The Morgan fingerprint density at radius 1 is 0.946 bits per heavy atom. The number of halogens is 2. The Labute approximate surface area is 214 Å². The molecule has 1 aromatic heterocycles. The van der Waals surface area contributed by atoms with Gasteiger partial charge in [-0.3, -0.25) is 14.6 Å². The van der Waals surface area contributed by atoms with Crippen molar-refractivity contribution in [1.82, 2.24) is 9.88 Å². The highest BCUT2D eigenvalue weighted by molar-refractivity contribution is 5.93. The average molecular weight is 506 g/mol. The van der Waals surface area contributed by atoms with Gasteiger partial charge in [0.25, 0.3) is 5.91 Å². The number of benzene rings is 3. The van der Waals surface area contributed by atoms with E-state index >= 15 is 0 Å². The van der Waals surface area contributed by atoms with E-state index in [1.54, 1.807) is 0 Å². The van der Waals surface area contributed by atoms with Crippen LogP contribution >= 0.6 is 0 Å². The number of carboxylic acid groups (broad SMARTS) is 1. The van der Waals surface area contributed by atoms with Crippen LogP contribution in [0.4, 0.5) is 8.78 Å². The summed E-state index contributed by atoms with van der Waals surface area (Å²) in [5.74, 6) is -3.72. The molecule has 6 nitrogen and oxygen atoms in total. The van der Waals surface area contributed by atoms with Gasteiger partial charge in [0, 0.05) is 30.7 Å². The van der Waals surface area contributed by atoms with Crippen LogP contribution in [-0.2, 0) is 24.2 Å². The van der Waals surface area contributed by atoms with Crippen molar-refractivity contribution in [1.29, 1.82) is 0 Å². The van der Waals surface area contributed by atoms with E-state index in [1.165, 1.54) is 27.5 Å². The highest BCUT2D eigenvalue weighted by atomic mass is 19.1. The number of hydrogen-bond acceptors (Lipinski definition) is 4. The van der Waals surface area contributed by atoms with Gasteiger partial charge in [-0.05, 0) is 78.8 Å². The lowest BCUT2D eigenvalue weighted by Gasteiger charge is -2.14. The van der Waals surface area contributed by atoms with Crippen molar-refractivity contribution >= 4 is 22.6 Å². The van der Waals surface area contributed by atoms with Crippen molar-refractivity contribution in [2.24, 2.45) is 5.73 Å². The molecule has 1 amide bonds. The van der Waals surface area contributed by atoms with E-state index in [4.69, 9.17) is 10.8 Å². The summed E-state index contributed by atoms with van der Waals surface area (Å²) < 4.78 is 25.1. The number of carbonyl (C=O) groups is 2. The normalized spacial score (nSPS) is 10.7. The summed E-state index contributed by atoms with van der Waals surface area (Å²) in [6.07, 6.45) is 5.29. The first-order valence-electron chi connectivity index (χ1n) is 11.7. The summed E-state index contributed by atoms with van der Waals surface area (Å²) >= 11 is 0. The lowest BCUT2D eigenvalue weighted by molar-refractivity contribution is -0.136. The van der Waals surface area contributed by atoms with E-state index in [0.29, 0.717) is 6.42 Å². The fraction of sp³-hybridized carbons (Fsp3) is 0.207. The topological polar surface area (TPSA) is 96.5 Å². The smallest absolute Gasteiger partial charge is 0.303 e. The highest BCUT2D eigenvalue weighted by Gasteiger charge is 2.12. The molecule has 37 heavy (non-hydrogen) atoms. The molecule has 3 aromatic carbocycles. The SMILES string of the molecule is CN(C)Cc1cc(Cc2cccc(CCC(=O)O)c2)c2cnccc2c1.NC(=O)c1c(F)cccc1F. The number of aryl methyl sites for hydroxylation is 1. The molecule has 0 aliphatic rings. The van der Waals surface area contributed by atoms with Gasteiger partial charge in [0.1, 0.15) is 17.2 Å². The van der Waals surface area contributed by atoms with Crippen LogP contribution in [0.3, 0.4) is 0 Å². The lowest BCUT2D eigenvalue weighted by Crippen LogP contribution is -2.15. The number of amides is 1.